The van der Waals surface area contributed by atoms with Crippen molar-refractivity contribution in [2.75, 3.05) is 20.1 Å². The molecule has 2 aliphatic carbocycles. The fraction of sp³-hybridized carbons (Fsp3) is 1.00. The lowest BCUT2D eigenvalue weighted by Crippen LogP contribution is -2.43. The van der Waals surface area contributed by atoms with Crippen LogP contribution in [0.1, 0.15) is 71.6 Å². The zero-order valence-corrected chi connectivity index (χ0v) is 14.0. The van der Waals surface area contributed by atoms with Gasteiger partial charge < -0.3 is 10.2 Å². The lowest BCUT2D eigenvalue weighted by atomic mass is 9.84. The zero-order valence-electron chi connectivity index (χ0n) is 14.0. The Morgan fingerprint density at radius 2 is 1.75 bits per heavy atom. The predicted molar refractivity (Wildman–Crippen MR) is 88.1 cm³/mol. The Labute approximate surface area is 126 Å². The van der Waals surface area contributed by atoms with Gasteiger partial charge in [-0.15, -0.1) is 0 Å². The van der Waals surface area contributed by atoms with Crippen LogP contribution in [0, 0.1) is 11.8 Å². The molecule has 0 saturated heterocycles. The van der Waals surface area contributed by atoms with Crippen molar-refractivity contribution in [1.82, 2.24) is 10.2 Å². The first-order valence-electron chi connectivity index (χ1n) is 9.18. The van der Waals surface area contributed by atoms with E-state index >= 15 is 0 Å². The molecular formula is C18H36N2. The van der Waals surface area contributed by atoms with Crippen LogP contribution in [0.15, 0.2) is 0 Å². The van der Waals surface area contributed by atoms with Crippen molar-refractivity contribution < 1.29 is 0 Å². The van der Waals surface area contributed by atoms with Crippen molar-refractivity contribution in [2.24, 2.45) is 11.8 Å². The number of nitrogens with one attached hydrogen (secondary N) is 1. The molecule has 0 aliphatic heterocycles. The van der Waals surface area contributed by atoms with Gasteiger partial charge in [0.1, 0.15) is 0 Å². The molecule has 0 bridgehead atoms. The summed E-state index contributed by atoms with van der Waals surface area (Å²) in [4.78, 5) is 2.70. The summed E-state index contributed by atoms with van der Waals surface area (Å²) in [6.45, 7) is 7.15. The van der Waals surface area contributed by atoms with Gasteiger partial charge in [-0.2, -0.15) is 0 Å². The lowest BCUT2D eigenvalue weighted by Gasteiger charge is -2.36. The summed E-state index contributed by atoms with van der Waals surface area (Å²) in [5, 5.41) is 3.78. The minimum atomic E-state index is 0.796. The molecule has 2 atom stereocenters. The van der Waals surface area contributed by atoms with E-state index in [2.05, 4.69) is 31.1 Å². The highest BCUT2D eigenvalue weighted by molar-refractivity contribution is 4.87. The number of hydrogen-bond donors (Lipinski definition) is 1. The van der Waals surface area contributed by atoms with Crippen LogP contribution >= 0.6 is 0 Å². The maximum absolute atomic E-state index is 3.78. The van der Waals surface area contributed by atoms with Crippen LogP contribution in [0.25, 0.3) is 0 Å². The van der Waals surface area contributed by atoms with Gasteiger partial charge in [0.2, 0.25) is 0 Å². The maximum atomic E-state index is 3.78. The van der Waals surface area contributed by atoms with Crippen LogP contribution < -0.4 is 5.32 Å². The van der Waals surface area contributed by atoms with Crippen LogP contribution in [0.4, 0.5) is 0 Å². The van der Waals surface area contributed by atoms with Gasteiger partial charge in [0.15, 0.2) is 0 Å². The van der Waals surface area contributed by atoms with Crippen molar-refractivity contribution in [2.45, 2.75) is 83.7 Å². The summed E-state index contributed by atoms with van der Waals surface area (Å²) >= 11 is 0. The minimum absolute atomic E-state index is 0.796. The Bertz CT molecular complexity index is 258. The highest BCUT2D eigenvalue weighted by Gasteiger charge is 2.30. The van der Waals surface area contributed by atoms with Crippen LogP contribution in [-0.2, 0) is 0 Å². The summed E-state index contributed by atoms with van der Waals surface area (Å²) in [5.41, 5.74) is 0. The largest absolute Gasteiger partial charge is 0.314 e. The second kappa shape index (κ2) is 8.38. The van der Waals surface area contributed by atoms with Gasteiger partial charge in [-0.3, -0.25) is 0 Å². The van der Waals surface area contributed by atoms with Crippen molar-refractivity contribution in [1.29, 1.82) is 0 Å². The van der Waals surface area contributed by atoms with E-state index in [1.807, 2.05) is 0 Å². The van der Waals surface area contributed by atoms with Crippen molar-refractivity contribution in [3.05, 3.63) is 0 Å². The van der Waals surface area contributed by atoms with Gasteiger partial charge in [-0.25, -0.2) is 0 Å². The van der Waals surface area contributed by atoms with E-state index in [1.54, 1.807) is 0 Å². The molecule has 0 amide bonds. The quantitative estimate of drug-likeness (QED) is 0.756. The third-order valence-corrected chi connectivity index (χ3v) is 5.86. The van der Waals surface area contributed by atoms with Crippen molar-refractivity contribution in [3.8, 4) is 0 Å². The summed E-state index contributed by atoms with van der Waals surface area (Å²) in [5.74, 6) is 1.92. The molecule has 2 nitrogen and oxygen atoms in total. The van der Waals surface area contributed by atoms with Gasteiger partial charge in [-0.1, -0.05) is 26.7 Å². The third-order valence-electron chi connectivity index (χ3n) is 5.86. The molecular weight excluding hydrogens is 244 g/mol. The molecule has 2 aliphatic rings. The van der Waals surface area contributed by atoms with Crippen molar-refractivity contribution in [3.63, 3.8) is 0 Å². The van der Waals surface area contributed by atoms with Gasteiger partial charge >= 0.3 is 0 Å². The van der Waals surface area contributed by atoms with Crippen LogP contribution in [-0.4, -0.2) is 37.1 Å². The lowest BCUT2D eigenvalue weighted by molar-refractivity contribution is 0.138. The Morgan fingerprint density at radius 1 is 1.00 bits per heavy atom. The zero-order chi connectivity index (χ0) is 14.4. The molecule has 2 heteroatoms. The van der Waals surface area contributed by atoms with E-state index in [0.717, 1.165) is 23.9 Å². The monoisotopic (exact) mass is 280 g/mol. The molecule has 2 unspecified atom stereocenters. The summed E-state index contributed by atoms with van der Waals surface area (Å²) in [6.07, 6.45) is 12.7. The van der Waals surface area contributed by atoms with Crippen LogP contribution in [0.2, 0.25) is 0 Å². The molecule has 0 heterocycles. The highest BCUT2D eigenvalue weighted by atomic mass is 15.1. The van der Waals surface area contributed by atoms with Gasteiger partial charge in [0.05, 0.1) is 0 Å². The molecule has 1 N–H and O–H groups in total. The van der Waals surface area contributed by atoms with Crippen LogP contribution in [0.3, 0.4) is 0 Å². The third kappa shape index (κ3) is 4.46. The average Bonchev–Trinajstić information content (AvgIpc) is 2.92. The second-order valence-electron chi connectivity index (χ2n) is 7.27. The fourth-order valence-corrected chi connectivity index (χ4v) is 4.37. The van der Waals surface area contributed by atoms with Gasteiger partial charge in [0, 0.05) is 18.6 Å². The van der Waals surface area contributed by atoms with E-state index in [9.17, 15) is 0 Å². The molecule has 2 rings (SSSR count). The van der Waals surface area contributed by atoms with Crippen molar-refractivity contribution >= 4 is 0 Å². The molecule has 118 valence electrons. The Balaban J connectivity index is 1.74. The van der Waals surface area contributed by atoms with E-state index in [4.69, 9.17) is 0 Å². The molecule has 0 aromatic carbocycles. The molecule has 2 saturated carbocycles. The number of nitrogens with zero attached hydrogens (tertiary/aromatic N) is 1. The molecule has 0 aromatic heterocycles. The summed E-state index contributed by atoms with van der Waals surface area (Å²) < 4.78 is 0. The first-order valence-corrected chi connectivity index (χ1v) is 9.18. The molecule has 0 spiro atoms. The van der Waals surface area contributed by atoms with E-state index in [1.165, 1.54) is 70.9 Å². The molecule has 0 radical (unpaired) electrons. The second-order valence-corrected chi connectivity index (χ2v) is 7.27. The van der Waals surface area contributed by atoms with E-state index in [0.29, 0.717) is 0 Å². The topological polar surface area (TPSA) is 15.3 Å². The maximum Gasteiger partial charge on any atom is 0.0107 e. The van der Waals surface area contributed by atoms with E-state index in [-0.39, 0.29) is 0 Å². The smallest absolute Gasteiger partial charge is 0.0107 e. The minimum Gasteiger partial charge on any atom is -0.314 e. The highest BCUT2D eigenvalue weighted by Crippen LogP contribution is 2.31. The van der Waals surface area contributed by atoms with Crippen LogP contribution in [0.5, 0.6) is 0 Å². The SMILES string of the molecule is CCCNC1CCCC1CN(C)C1CCC(CC)CC1. The fourth-order valence-electron chi connectivity index (χ4n) is 4.37. The summed E-state index contributed by atoms with van der Waals surface area (Å²) in [7, 11) is 2.38. The first kappa shape index (κ1) is 16.3. The first-order chi connectivity index (χ1) is 9.74. The Kier molecular flexibility index (Phi) is 6.83. The predicted octanol–water partition coefficient (Wildman–Crippen LogP) is 4.06. The molecule has 2 fully saturated rings. The van der Waals surface area contributed by atoms with E-state index < -0.39 is 0 Å². The molecule has 20 heavy (non-hydrogen) atoms. The average molecular weight is 280 g/mol. The Hall–Kier alpha value is -0.0800. The normalized spacial score (nSPS) is 34.8. The standard InChI is InChI=1S/C18H36N2/c1-4-13-19-18-8-6-7-16(18)14-20(3)17-11-9-15(5-2)10-12-17/h15-19H,4-14H2,1-3H3. The van der Waals surface area contributed by atoms with Gasteiger partial charge in [-0.05, 0) is 70.4 Å². The Morgan fingerprint density at radius 3 is 2.40 bits per heavy atom. The molecule has 0 aromatic rings. The number of rotatable bonds is 7. The number of hydrogen-bond acceptors (Lipinski definition) is 2. The van der Waals surface area contributed by atoms with Gasteiger partial charge in [0.25, 0.3) is 0 Å². The summed E-state index contributed by atoms with van der Waals surface area (Å²) in [6, 6.07) is 1.66.